The number of hydrogen-bond acceptors (Lipinski definition) is 1. The Labute approximate surface area is 124 Å². The first-order chi connectivity index (χ1) is 9.66. The second-order valence-electron chi connectivity index (χ2n) is 7.19. The molecule has 20 heavy (non-hydrogen) atoms. The van der Waals surface area contributed by atoms with Gasteiger partial charge in [0.15, 0.2) is 0 Å². The zero-order chi connectivity index (χ0) is 14.1. The van der Waals surface area contributed by atoms with Crippen molar-refractivity contribution in [2.45, 2.75) is 64.8 Å². The van der Waals surface area contributed by atoms with Crippen molar-refractivity contribution in [3.05, 3.63) is 34.9 Å². The van der Waals surface area contributed by atoms with Crippen molar-refractivity contribution >= 4 is 0 Å². The molecule has 110 valence electrons. The van der Waals surface area contributed by atoms with E-state index in [2.05, 4.69) is 32.0 Å². The smallest absolute Gasteiger partial charge is 0.0326 e. The Morgan fingerprint density at radius 3 is 2.55 bits per heavy atom. The first kappa shape index (κ1) is 14.1. The van der Waals surface area contributed by atoms with E-state index in [0.29, 0.717) is 5.92 Å². The topological polar surface area (TPSA) is 26.0 Å². The van der Waals surface area contributed by atoms with Gasteiger partial charge in [-0.25, -0.2) is 0 Å². The zero-order valence-electron chi connectivity index (χ0n) is 13.1. The molecule has 1 aromatic carbocycles. The molecule has 0 aromatic heterocycles. The molecule has 2 aliphatic carbocycles. The van der Waals surface area contributed by atoms with Crippen LogP contribution in [-0.2, 0) is 0 Å². The predicted molar refractivity (Wildman–Crippen MR) is 85.6 cm³/mol. The highest BCUT2D eigenvalue weighted by Gasteiger charge is 2.35. The van der Waals surface area contributed by atoms with Crippen LogP contribution in [0.1, 0.15) is 67.7 Å². The summed E-state index contributed by atoms with van der Waals surface area (Å²) in [5.74, 6) is 2.69. The van der Waals surface area contributed by atoms with Gasteiger partial charge in [-0.1, -0.05) is 43.9 Å². The van der Waals surface area contributed by atoms with Crippen LogP contribution in [0.15, 0.2) is 18.2 Å². The summed E-state index contributed by atoms with van der Waals surface area (Å²) >= 11 is 0. The molecule has 2 saturated carbocycles. The van der Waals surface area contributed by atoms with Crippen LogP contribution in [0.2, 0.25) is 0 Å². The van der Waals surface area contributed by atoms with Gasteiger partial charge < -0.3 is 5.73 Å². The van der Waals surface area contributed by atoms with Gasteiger partial charge in [0.2, 0.25) is 0 Å². The summed E-state index contributed by atoms with van der Waals surface area (Å²) in [6.07, 6.45) is 10.0. The van der Waals surface area contributed by atoms with Crippen molar-refractivity contribution in [1.82, 2.24) is 0 Å². The van der Waals surface area contributed by atoms with E-state index in [0.717, 1.165) is 11.8 Å². The molecule has 0 radical (unpaired) electrons. The average molecular weight is 271 g/mol. The maximum Gasteiger partial charge on any atom is 0.0326 e. The molecule has 4 unspecified atom stereocenters. The van der Waals surface area contributed by atoms with Gasteiger partial charge in [-0.05, 0) is 67.6 Å². The van der Waals surface area contributed by atoms with Crippen molar-refractivity contribution < 1.29 is 0 Å². The molecule has 0 aliphatic heterocycles. The maximum atomic E-state index is 6.66. The minimum Gasteiger partial charge on any atom is -0.324 e. The molecule has 2 N–H and O–H groups in total. The van der Waals surface area contributed by atoms with Gasteiger partial charge in [-0.3, -0.25) is 0 Å². The minimum atomic E-state index is 0.248. The van der Waals surface area contributed by atoms with Crippen molar-refractivity contribution in [3.8, 4) is 0 Å². The lowest BCUT2D eigenvalue weighted by molar-refractivity contribution is 0.117. The number of aryl methyl sites for hydroxylation is 1. The summed E-state index contributed by atoms with van der Waals surface area (Å²) < 4.78 is 0. The monoisotopic (exact) mass is 271 g/mol. The molecule has 4 atom stereocenters. The van der Waals surface area contributed by atoms with E-state index in [9.17, 15) is 0 Å². The molecule has 1 heteroatoms. The van der Waals surface area contributed by atoms with Crippen molar-refractivity contribution in [3.63, 3.8) is 0 Å². The molecule has 0 bridgehead atoms. The maximum absolute atomic E-state index is 6.66. The van der Waals surface area contributed by atoms with Crippen LogP contribution in [0.5, 0.6) is 0 Å². The van der Waals surface area contributed by atoms with Gasteiger partial charge in [0.25, 0.3) is 0 Å². The molecule has 2 aliphatic rings. The predicted octanol–water partition coefficient (Wildman–Crippen LogP) is 4.91. The molecule has 0 heterocycles. The minimum absolute atomic E-state index is 0.248. The lowest BCUT2D eigenvalue weighted by atomic mass is 9.65. The number of rotatable bonds is 2. The molecular weight excluding hydrogens is 242 g/mol. The Balaban J connectivity index is 1.74. The van der Waals surface area contributed by atoms with E-state index in [1.165, 1.54) is 61.6 Å². The Morgan fingerprint density at radius 2 is 1.75 bits per heavy atom. The first-order valence-electron chi connectivity index (χ1n) is 8.48. The van der Waals surface area contributed by atoms with Crippen LogP contribution in [0.4, 0.5) is 0 Å². The van der Waals surface area contributed by atoms with Crippen molar-refractivity contribution in [2.75, 3.05) is 0 Å². The zero-order valence-corrected chi connectivity index (χ0v) is 13.1. The third-order valence-corrected chi connectivity index (χ3v) is 6.09. The van der Waals surface area contributed by atoms with E-state index in [1.807, 2.05) is 0 Å². The van der Waals surface area contributed by atoms with Crippen LogP contribution in [0.3, 0.4) is 0 Å². The molecule has 0 saturated heterocycles. The normalized spacial score (nSPS) is 31.6. The van der Waals surface area contributed by atoms with Gasteiger partial charge in [0, 0.05) is 6.04 Å². The fourth-order valence-electron chi connectivity index (χ4n) is 4.62. The highest BCUT2D eigenvalue weighted by atomic mass is 14.7. The van der Waals surface area contributed by atoms with E-state index in [4.69, 9.17) is 5.73 Å². The number of fused-ring (bicyclic) bond motifs is 1. The molecule has 1 aromatic rings. The van der Waals surface area contributed by atoms with Crippen molar-refractivity contribution in [1.29, 1.82) is 0 Å². The highest BCUT2D eigenvalue weighted by Crippen LogP contribution is 2.45. The summed E-state index contributed by atoms with van der Waals surface area (Å²) in [5, 5.41) is 0. The summed E-state index contributed by atoms with van der Waals surface area (Å²) in [6.45, 7) is 4.43. The quantitative estimate of drug-likeness (QED) is 0.812. The van der Waals surface area contributed by atoms with Crippen LogP contribution >= 0.6 is 0 Å². The van der Waals surface area contributed by atoms with Crippen LogP contribution in [0, 0.1) is 31.6 Å². The SMILES string of the molecule is Cc1cccc(C(N)C2CCC3CCCCC3C2)c1C. The molecule has 3 rings (SSSR count). The number of hydrogen-bond donors (Lipinski definition) is 1. The standard InChI is InChI=1S/C19H29N/c1-13-6-5-9-18(14(13)2)19(20)17-11-10-15-7-3-4-8-16(15)12-17/h5-6,9,15-17,19H,3-4,7-8,10-12,20H2,1-2H3. The van der Waals surface area contributed by atoms with Crippen LogP contribution < -0.4 is 5.73 Å². The first-order valence-corrected chi connectivity index (χ1v) is 8.48. The van der Waals surface area contributed by atoms with Crippen molar-refractivity contribution in [2.24, 2.45) is 23.5 Å². The lowest BCUT2D eigenvalue weighted by Gasteiger charge is -2.41. The Hall–Kier alpha value is -0.820. The fourth-order valence-corrected chi connectivity index (χ4v) is 4.62. The lowest BCUT2D eigenvalue weighted by Crippen LogP contribution is -2.33. The summed E-state index contributed by atoms with van der Waals surface area (Å²) in [7, 11) is 0. The van der Waals surface area contributed by atoms with E-state index in [1.54, 1.807) is 0 Å². The summed E-state index contributed by atoms with van der Waals surface area (Å²) in [6, 6.07) is 6.87. The Kier molecular flexibility index (Phi) is 4.16. The molecule has 1 nitrogen and oxygen atoms in total. The fraction of sp³-hybridized carbons (Fsp3) is 0.684. The summed E-state index contributed by atoms with van der Waals surface area (Å²) in [5.41, 5.74) is 10.8. The highest BCUT2D eigenvalue weighted by molar-refractivity contribution is 5.35. The molecule has 0 amide bonds. The largest absolute Gasteiger partial charge is 0.324 e. The Bertz CT molecular complexity index is 465. The van der Waals surface area contributed by atoms with E-state index < -0.39 is 0 Å². The number of benzene rings is 1. The van der Waals surface area contributed by atoms with Gasteiger partial charge in [-0.15, -0.1) is 0 Å². The van der Waals surface area contributed by atoms with Gasteiger partial charge >= 0.3 is 0 Å². The van der Waals surface area contributed by atoms with Gasteiger partial charge in [0.05, 0.1) is 0 Å². The number of nitrogens with two attached hydrogens (primary N) is 1. The average Bonchev–Trinajstić information content (AvgIpc) is 2.49. The second kappa shape index (κ2) is 5.89. The third kappa shape index (κ3) is 2.65. The third-order valence-electron chi connectivity index (χ3n) is 6.09. The van der Waals surface area contributed by atoms with Crippen LogP contribution in [0.25, 0.3) is 0 Å². The molecular formula is C19H29N. The van der Waals surface area contributed by atoms with Crippen LogP contribution in [-0.4, -0.2) is 0 Å². The van der Waals surface area contributed by atoms with Gasteiger partial charge in [0.1, 0.15) is 0 Å². The van der Waals surface area contributed by atoms with Gasteiger partial charge in [-0.2, -0.15) is 0 Å². The molecule has 0 spiro atoms. The van der Waals surface area contributed by atoms with E-state index in [-0.39, 0.29) is 6.04 Å². The van der Waals surface area contributed by atoms with E-state index >= 15 is 0 Å². The Morgan fingerprint density at radius 1 is 1.00 bits per heavy atom. The molecule has 2 fully saturated rings. The summed E-state index contributed by atoms with van der Waals surface area (Å²) in [4.78, 5) is 0. The second-order valence-corrected chi connectivity index (χ2v) is 7.19.